The van der Waals surface area contributed by atoms with Gasteiger partial charge in [-0.25, -0.2) is 13.7 Å². The number of phenols is 1. The third-order valence-electron chi connectivity index (χ3n) is 8.23. The minimum Gasteiger partial charge on any atom is -0.507 e. The van der Waals surface area contributed by atoms with Crippen LogP contribution in [-0.2, 0) is 32.6 Å². The lowest BCUT2D eigenvalue weighted by Gasteiger charge is -2.44. The van der Waals surface area contributed by atoms with Crippen molar-refractivity contribution in [3.8, 4) is 28.7 Å². The third kappa shape index (κ3) is 10.2. The minimum absolute atomic E-state index is 0.379. The van der Waals surface area contributed by atoms with E-state index >= 15 is 0 Å². The Bertz CT molecular complexity index is 1880. The summed E-state index contributed by atoms with van der Waals surface area (Å²) in [6.07, 6.45) is -21.7. The summed E-state index contributed by atoms with van der Waals surface area (Å²) in [6, 6.07) is 3.71. The second-order valence-corrected chi connectivity index (χ2v) is 15.7. The van der Waals surface area contributed by atoms with Crippen LogP contribution in [0.25, 0.3) is 0 Å². The molecule has 2 aromatic carbocycles. The molecule has 2 aromatic rings. The maximum absolute atomic E-state index is 14.0. The highest BCUT2D eigenvalue weighted by Crippen LogP contribution is 2.51. The minimum atomic E-state index is -5.50. The van der Waals surface area contributed by atoms with Crippen LogP contribution < -0.4 is 18.3 Å². The van der Waals surface area contributed by atoms with Gasteiger partial charge in [-0.05, 0) is 24.6 Å². The van der Waals surface area contributed by atoms with Gasteiger partial charge in [0.15, 0.2) is 36.3 Å². The standard InChI is InChI=1S/C27H35O25P3/c1-8-17(29)20(32)22(34)26(46-8)45-7-15-18(30)21(33)23(35)27(48-15)49-25-19(31)16-11(28)5-10(50-53(36,37)38)6-14(16)47-24(25)9-2-3-12(51-54(39,40)41)13(4-9)52-55(42,43)44/h2-6,8,15,17-18,20-30,32-35H,7H2,1H3,(H2,36,37,38)(H2,39,40,41)(H2,42,43,44)/t8?,15-,17?,18?,20-,21+,22-,23?,24?,25?,26+,27+/m1/s1. The highest BCUT2D eigenvalue weighted by molar-refractivity contribution is 7.47. The molecule has 5 rings (SSSR count). The molecule has 0 bridgehead atoms. The molecule has 0 amide bonds. The van der Waals surface area contributed by atoms with Crippen LogP contribution in [0.4, 0.5) is 0 Å². The lowest BCUT2D eigenvalue weighted by Crippen LogP contribution is -2.62. The summed E-state index contributed by atoms with van der Waals surface area (Å²) in [6.45, 7) is 0.601. The second-order valence-electron chi connectivity index (χ2n) is 12.3. The van der Waals surface area contributed by atoms with Crippen LogP contribution in [0.3, 0.4) is 0 Å². The fraction of sp³-hybridized carbons (Fsp3) is 0.519. The van der Waals surface area contributed by atoms with E-state index in [2.05, 4.69) is 13.6 Å². The number of fused-ring (bicyclic) bond motifs is 1. The number of aliphatic hydroxyl groups is 6. The summed E-state index contributed by atoms with van der Waals surface area (Å²) < 4.78 is 76.1. The van der Waals surface area contributed by atoms with Gasteiger partial charge >= 0.3 is 23.5 Å². The number of hydrogen-bond donors (Lipinski definition) is 13. The zero-order valence-electron chi connectivity index (χ0n) is 27.6. The number of phosphoric acid groups is 3. The van der Waals surface area contributed by atoms with Gasteiger partial charge in [0.2, 0.25) is 5.78 Å². The molecular formula is C27H35O25P3. The number of ketones is 1. The van der Waals surface area contributed by atoms with Gasteiger partial charge in [-0.15, -0.1) is 0 Å². The number of rotatable bonds is 12. The second kappa shape index (κ2) is 16.2. The molecule has 55 heavy (non-hydrogen) atoms. The van der Waals surface area contributed by atoms with Crippen LogP contribution in [0.5, 0.6) is 28.7 Å². The molecule has 0 aliphatic carbocycles. The Hall–Kier alpha value is -2.84. The van der Waals surface area contributed by atoms with E-state index in [9.17, 15) is 83.6 Å². The number of carbonyl (C=O) groups is 1. The Kier molecular flexibility index (Phi) is 12.7. The highest BCUT2D eigenvalue weighted by Gasteiger charge is 2.50. The summed E-state index contributed by atoms with van der Waals surface area (Å²) >= 11 is 0. The van der Waals surface area contributed by atoms with Crippen LogP contribution in [0.2, 0.25) is 0 Å². The molecule has 12 atom stereocenters. The van der Waals surface area contributed by atoms with Crippen molar-refractivity contribution in [3.63, 3.8) is 0 Å². The van der Waals surface area contributed by atoms with Crippen molar-refractivity contribution in [1.82, 2.24) is 0 Å². The van der Waals surface area contributed by atoms with E-state index in [1.54, 1.807) is 0 Å². The fourth-order valence-electron chi connectivity index (χ4n) is 5.72. The van der Waals surface area contributed by atoms with E-state index in [4.69, 9.17) is 23.7 Å². The van der Waals surface area contributed by atoms with E-state index in [0.717, 1.165) is 18.2 Å². The molecule has 3 heterocycles. The molecule has 28 heteroatoms. The lowest BCUT2D eigenvalue weighted by molar-refractivity contribution is -0.333. The van der Waals surface area contributed by atoms with Gasteiger partial charge in [0.05, 0.1) is 12.7 Å². The summed E-state index contributed by atoms with van der Waals surface area (Å²) in [7, 11) is -16.2. The Labute approximate surface area is 307 Å². The molecule has 2 saturated heterocycles. The molecule has 25 nitrogen and oxygen atoms in total. The Morgan fingerprint density at radius 2 is 1.27 bits per heavy atom. The number of phosphoric ester groups is 3. The molecule has 0 spiro atoms. The average molecular weight is 852 g/mol. The fourth-order valence-corrected chi connectivity index (χ4v) is 6.90. The third-order valence-corrected chi connectivity index (χ3v) is 9.54. The van der Waals surface area contributed by atoms with Gasteiger partial charge in [-0.2, -0.15) is 0 Å². The van der Waals surface area contributed by atoms with Crippen LogP contribution >= 0.6 is 23.5 Å². The summed E-state index contributed by atoms with van der Waals surface area (Å²) in [5.41, 5.74) is -1.09. The first kappa shape index (κ1) is 43.3. The number of ether oxygens (including phenoxy) is 5. The molecule has 2 fully saturated rings. The van der Waals surface area contributed by atoms with E-state index in [1.165, 1.54) is 6.92 Å². The Morgan fingerprint density at radius 3 is 1.89 bits per heavy atom. The zero-order chi connectivity index (χ0) is 40.9. The predicted octanol–water partition coefficient (Wildman–Crippen LogP) is -2.84. The van der Waals surface area contributed by atoms with Crippen molar-refractivity contribution in [2.75, 3.05) is 6.61 Å². The largest absolute Gasteiger partial charge is 0.524 e. The first-order valence-corrected chi connectivity index (χ1v) is 20.1. The van der Waals surface area contributed by atoms with E-state index in [-0.39, 0.29) is 5.56 Å². The number of phenolic OH excluding ortho intramolecular Hbond substituents is 1. The Balaban J connectivity index is 1.51. The summed E-state index contributed by atoms with van der Waals surface area (Å²) in [5.74, 6) is -5.53. The number of benzene rings is 2. The van der Waals surface area contributed by atoms with Crippen molar-refractivity contribution in [2.24, 2.45) is 0 Å². The van der Waals surface area contributed by atoms with Crippen LogP contribution in [-0.4, -0.2) is 145 Å². The van der Waals surface area contributed by atoms with Gasteiger partial charge in [0, 0.05) is 12.1 Å². The van der Waals surface area contributed by atoms with E-state index < -0.39 is 144 Å². The molecular weight excluding hydrogens is 817 g/mol. The molecule has 0 saturated carbocycles. The molecule has 13 N–H and O–H groups in total. The first-order chi connectivity index (χ1) is 25.3. The number of hydrogen-bond acceptors (Lipinski definition) is 19. The first-order valence-electron chi connectivity index (χ1n) is 15.5. The molecule has 0 radical (unpaired) electrons. The summed E-state index contributed by atoms with van der Waals surface area (Å²) in [4.78, 5) is 70.0. The van der Waals surface area contributed by atoms with Crippen LogP contribution in [0.15, 0.2) is 30.3 Å². The van der Waals surface area contributed by atoms with Crippen LogP contribution in [0, 0.1) is 0 Å². The van der Waals surface area contributed by atoms with Crippen LogP contribution in [0.1, 0.15) is 28.9 Å². The monoisotopic (exact) mass is 852 g/mol. The van der Waals surface area contributed by atoms with Crippen molar-refractivity contribution >= 4 is 29.3 Å². The smallest absolute Gasteiger partial charge is 0.507 e. The summed E-state index contributed by atoms with van der Waals surface area (Å²) in [5, 5.41) is 73.2. The molecule has 3 aliphatic rings. The van der Waals surface area contributed by atoms with Gasteiger partial charge in [0.25, 0.3) is 0 Å². The maximum atomic E-state index is 14.0. The number of carbonyl (C=O) groups excluding carboxylic acids is 1. The molecule has 6 unspecified atom stereocenters. The SMILES string of the molecule is CC1O[C@H](OC[C@H]2O[C@@H](OC3C(=O)c4c(O)cc(OP(=O)(O)O)cc4OC3c3ccc(OP(=O)(O)O)c(OP(=O)(O)O)c3)C(O)[C@@H](O)C2O)[C@H](O)[C@H](O)C1O. The van der Waals surface area contributed by atoms with Gasteiger partial charge in [-0.1, -0.05) is 6.07 Å². The van der Waals surface area contributed by atoms with Gasteiger partial charge in [-0.3, -0.25) is 34.2 Å². The maximum Gasteiger partial charge on any atom is 0.524 e. The Morgan fingerprint density at radius 1 is 0.691 bits per heavy atom. The van der Waals surface area contributed by atoms with E-state index in [0.29, 0.717) is 12.1 Å². The van der Waals surface area contributed by atoms with Crippen molar-refractivity contribution in [3.05, 3.63) is 41.5 Å². The lowest BCUT2D eigenvalue weighted by atomic mass is 9.92. The number of Topliss-reactive ketones (excluding diaryl/α,β-unsaturated/α-hetero) is 1. The number of aliphatic hydroxyl groups excluding tert-OH is 6. The zero-order valence-corrected chi connectivity index (χ0v) is 30.3. The van der Waals surface area contributed by atoms with E-state index in [1.807, 2.05) is 0 Å². The molecule has 0 aromatic heterocycles. The average Bonchev–Trinajstić information content (AvgIpc) is 3.05. The predicted molar refractivity (Wildman–Crippen MR) is 170 cm³/mol. The molecule has 308 valence electrons. The van der Waals surface area contributed by atoms with Gasteiger partial charge < -0.3 is 73.0 Å². The van der Waals surface area contributed by atoms with Gasteiger partial charge in [0.1, 0.15) is 65.5 Å². The van der Waals surface area contributed by atoms with Crippen molar-refractivity contribution < 1.29 is 121 Å². The molecule has 3 aliphatic heterocycles. The van der Waals surface area contributed by atoms with Crippen molar-refractivity contribution in [2.45, 2.75) is 80.5 Å². The van der Waals surface area contributed by atoms with Crippen molar-refractivity contribution in [1.29, 1.82) is 0 Å². The normalized spacial score (nSPS) is 33.0. The topological polar surface area (TPSA) is 405 Å². The highest BCUT2D eigenvalue weighted by atomic mass is 31.2. The quantitative estimate of drug-likeness (QED) is 0.0956. The number of aromatic hydroxyl groups is 1.